The van der Waals surface area contributed by atoms with Gasteiger partial charge in [0.15, 0.2) is 0 Å². The number of amides is 3. The van der Waals surface area contributed by atoms with Crippen LogP contribution in [0.4, 0.5) is 11.4 Å². The molecule has 0 bridgehead atoms. The maximum absolute atomic E-state index is 14.0. The van der Waals surface area contributed by atoms with Gasteiger partial charge >= 0.3 is 0 Å². The van der Waals surface area contributed by atoms with E-state index in [0.717, 1.165) is 38.8 Å². The summed E-state index contributed by atoms with van der Waals surface area (Å²) in [6, 6.07) is 44.7. The lowest BCUT2D eigenvalue weighted by atomic mass is 10.1. The lowest BCUT2D eigenvalue weighted by Crippen LogP contribution is -2.30. The molecule has 0 saturated heterocycles. The third-order valence-corrected chi connectivity index (χ3v) is 10.7. The van der Waals surface area contributed by atoms with Crippen LogP contribution in [-0.4, -0.2) is 22.3 Å². The summed E-state index contributed by atoms with van der Waals surface area (Å²) in [5, 5.41) is 11.2. The molecule has 1 aromatic heterocycles. The molecule has 0 aliphatic carbocycles. The minimum Gasteiger partial charge on any atom is -0.341 e. The van der Waals surface area contributed by atoms with E-state index in [2.05, 4.69) is 45.6 Å². The number of carbonyl (C=O) groups is 3. The summed E-state index contributed by atoms with van der Waals surface area (Å²) in [6.07, 6.45) is 1.50. The van der Waals surface area contributed by atoms with E-state index in [1.54, 1.807) is 60.7 Å². The second kappa shape index (κ2) is 16.5. The molecule has 0 saturated carbocycles. The normalized spacial score (nSPS) is 12.0. The molecule has 1 heterocycles. The van der Waals surface area contributed by atoms with Gasteiger partial charge in [-0.3, -0.25) is 14.4 Å². The molecule has 10 heteroatoms. The molecule has 7 rings (SSSR count). The number of aryl methyl sites for hydroxylation is 1. The summed E-state index contributed by atoms with van der Waals surface area (Å²) in [5.74, 6) is -1.16. The number of thioether (sulfide) groups is 1. The maximum Gasteiger partial charge on any atom is 0.272 e. The van der Waals surface area contributed by atoms with Gasteiger partial charge in [0.1, 0.15) is 10.9 Å². The number of nitrogens with zero attached hydrogens (tertiary/aromatic N) is 1. The first kappa shape index (κ1) is 36.6. The first-order valence-electron chi connectivity index (χ1n) is 17.3. The van der Waals surface area contributed by atoms with Crippen LogP contribution < -0.4 is 16.0 Å². The molecule has 0 aliphatic heterocycles. The van der Waals surface area contributed by atoms with Gasteiger partial charge in [0.2, 0.25) is 5.91 Å². The molecule has 3 amide bonds. The lowest BCUT2D eigenvalue weighted by Gasteiger charge is -2.18. The van der Waals surface area contributed by atoms with Crippen LogP contribution in [0.5, 0.6) is 0 Å². The van der Waals surface area contributed by atoms with Gasteiger partial charge in [0.05, 0.1) is 0 Å². The number of carbonyl (C=O) groups excluding carboxylic acids is 3. The number of hydrogen-bond acceptors (Lipinski definition) is 4. The monoisotopic (exact) mass is 768 g/mol. The largest absolute Gasteiger partial charge is 0.341 e. The summed E-state index contributed by atoms with van der Waals surface area (Å²) in [6.45, 7) is 2.97. The number of para-hydroxylation sites is 1. The fraction of sp³-hybridized carbons (Fsp3) is 0.0682. The van der Waals surface area contributed by atoms with Crippen molar-refractivity contribution in [3.05, 3.63) is 178 Å². The van der Waals surface area contributed by atoms with E-state index in [1.807, 2.05) is 66.7 Å². The zero-order chi connectivity index (χ0) is 37.6. The fourth-order valence-electron chi connectivity index (χ4n) is 6.25. The van der Waals surface area contributed by atoms with Crippen molar-refractivity contribution >= 4 is 91.9 Å². The van der Waals surface area contributed by atoms with Crippen molar-refractivity contribution in [1.82, 2.24) is 9.88 Å². The van der Waals surface area contributed by atoms with Crippen molar-refractivity contribution in [1.29, 1.82) is 0 Å². The van der Waals surface area contributed by atoms with Gasteiger partial charge in [-0.05, 0) is 96.9 Å². The predicted octanol–water partition coefficient (Wildman–Crippen LogP) is 11.0. The van der Waals surface area contributed by atoms with Crippen LogP contribution in [0.15, 0.2) is 156 Å². The van der Waals surface area contributed by atoms with Gasteiger partial charge in [-0.15, -0.1) is 11.8 Å². The topological polar surface area (TPSA) is 92.2 Å². The van der Waals surface area contributed by atoms with Crippen molar-refractivity contribution in [2.45, 2.75) is 23.6 Å². The van der Waals surface area contributed by atoms with Crippen LogP contribution >= 0.6 is 35.0 Å². The van der Waals surface area contributed by atoms with Crippen molar-refractivity contribution < 1.29 is 14.4 Å². The molecule has 6 aromatic carbocycles. The highest BCUT2D eigenvalue weighted by Gasteiger charge is 2.23. The van der Waals surface area contributed by atoms with Gasteiger partial charge < -0.3 is 20.5 Å². The standard InChI is InChI=1S/C44H34Cl2N4O3S/c1-2-50-39-16-10-9-15-35(39)36-27-33(21-24-40(36)50)48-44(53)41(28-11-5-3-6-12-28)54-34-22-19-32(20-23-34)47-43(52)38(25-30-17-18-31(45)26-37(30)46)49-42(51)29-13-7-4-8-14-29/h3-27,41H,2H2,1H3,(H,47,52)(H,48,53)(H,49,51)/b38-25-. The number of hydrogen-bond donors (Lipinski definition) is 3. The van der Waals surface area contributed by atoms with Crippen LogP contribution in [0.25, 0.3) is 27.9 Å². The molecule has 7 aromatic rings. The molecular weight excluding hydrogens is 735 g/mol. The van der Waals surface area contributed by atoms with Crippen LogP contribution in [0.1, 0.15) is 33.7 Å². The number of aromatic nitrogens is 1. The third kappa shape index (κ3) is 8.21. The molecule has 0 fully saturated rings. The minimum atomic E-state index is -0.564. The van der Waals surface area contributed by atoms with Crippen LogP contribution in [-0.2, 0) is 16.1 Å². The van der Waals surface area contributed by atoms with Crippen LogP contribution in [0, 0.1) is 0 Å². The molecular formula is C44H34Cl2N4O3S. The summed E-state index contributed by atoms with van der Waals surface area (Å²) < 4.78 is 2.28. The highest BCUT2D eigenvalue weighted by molar-refractivity contribution is 8.00. The summed E-state index contributed by atoms with van der Waals surface area (Å²) >= 11 is 13.9. The van der Waals surface area contributed by atoms with Crippen LogP contribution in [0.2, 0.25) is 10.0 Å². The Morgan fingerprint density at radius 2 is 1.37 bits per heavy atom. The zero-order valence-corrected chi connectivity index (χ0v) is 31.4. The van der Waals surface area contributed by atoms with Gasteiger partial charge in [0.25, 0.3) is 11.8 Å². The Morgan fingerprint density at radius 3 is 2.09 bits per heavy atom. The van der Waals surface area contributed by atoms with Crippen molar-refractivity contribution in [2.24, 2.45) is 0 Å². The average molecular weight is 770 g/mol. The Kier molecular flexibility index (Phi) is 11.2. The Balaban J connectivity index is 1.10. The number of halogens is 2. The summed E-state index contributed by atoms with van der Waals surface area (Å²) in [4.78, 5) is 41.5. The molecule has 54 heavy (non-hydrogen) atoms. The quantitative estimate of drug-likeness (QED) is 0.0902. The van der Waals surface area contributed by atoms with Crippen molar-refractivity contribution in [3.63, 3.8) is 0 Å². The number of anilines is 2. The second-order valence-corrected chi connectivity index (χ2v) is 14.4. The SMILES string of the molecule is CCn1c2ccccc2c2cc(NC(=O)C(Sc3ccc(NC(=O)/C(=C/c4ccc(Cl)cc4Cl)NC(=O)c4ccccc4)cc3)c3ccccc3)ccc21. The molecule has 3 N–H and O–H groups in total. The van der Waals surface area contributed by atoms with Crippen molar-refractivity contribution in [2.75, 3.05) is 10.6 Å². The average Bonchev–Trinajstić information content (AvgIpc) is 3.51. The van der Waals surface area contributed by atoms with Gasteiger partial charge in [-0.2, -0.15) is 0 Å². The molecule has 1 unspecified atom stereocenters. The van der Waals surface area contributed by atoms with E-state index in [1.165, 1.54) is 17.8 Å². The lowest BCUT2D eigenvalue weighted by molar-refractivity contribution is -0.116. The second-order valence-electron chi connectivity index (χ2n) is 12.4. The van der Waals surface area contributed by atoms with E-state index in [9.17, 15) is 14.4 Å². The Bertz CT molecular complexity index is 2520. The molecule has 1 atom stereocenters. The van der Waals surface area contributed by atoms with Gasteiger partial charge in [-0.1, -0.05) is 96.0 Å². The number of benzene rings is 6. The predicted molar refractivity (Wildman–Crippen MR) is 222 cm³/mol. The Labute approximate surface area is 327 Å². The number of fused-ring (bicyclic) bond motifs is 3. The zero-order valence-electron chi connectivity index (χ0n) is 29.1. The smallest absolute Gasteiger partial charge is 0.272 e. The molecule has 268 valence electrons. The fourth-order valence-corrected chi connectivity index (χ4v) is 7.74. The maximum atomic E-state index is 14.0. The minimum absolute atomic E-state index is 0.00946. The highest BCUT2D eigenvalue weighted by Crippen LogP contribution is 2.38. The van der Waals surface area contributed by atoms with Gasteiger partial charge in [0, 0.05) is 60.2 Å². The first-order chi connectivity index (χ1) is 26.3. The summed E-state index contributed by atoms with van der Waals surface area (Å²) in [7, 11) is 0. The van der Waals surface area contributed by atoms with E-state index < -0.39 is 17.1 Å². The Morgan fingerprint density at radius 1 is 0.704 bits per heavy atom. The first-order valence-corrected chi connectivity index (χ1v) is 18.9. The van der Waals surface area contributed by atoms with E-state index >= 15 is 0 Å². The molecule has 7 nitrogen and oxygen atoms in total. The van der Waals surface area contributed by atoms with E-state index in [-0.39, 0.29) is 11.6 Å². The molecule has 0 aliphatic rings. The summed E-state index contributed by atoms with van der Waals surface area (Å²) in [5.41, 5.74) is 5.22. The molecule has 0 spiro atoms. The van der Waals surface area contributed by atoms with Crippen LogP contribution in [0.3, 0.4) is 0 Å². The number of rotatable bonds is 11. The van der Waals surface area contributed by atoms with Gasteiger partial charge in [-0.25, -0.2) is 0 Å². The Hall–Kier alpha value is -5.80. The van der Waals surface area contributed by atoms with Crippen molar-refractivity contribution in [3.8, 4) is 0 Å². The van der Waals surface area contributed by atoms with E-state index in [0.29, 0.717) is 32.5 Å². The van der Waals surface area contributed by atoms with E-state index in [4.69, 9.17) is 23.2 Å². The third-order valence-electron chi connectivity index (χ3n) is 8.85. The number of nitrogens with one attached hydrogen (secondary N) is 3. The highest BCUT2D eigenvalue weighted by atomic mass is 35.5. The molecule has 0 radical (unpaired) electrons.